The Balaban J connectivity index is 1.90. The van der Waals surface area contributed by atoms with Crippen molar-refractivity contribution in [1.29, 1.82) is 0 Å². The van der Waals surface area contributed by atoms with Crippen molar-refractivity contribution >= 4 is 11.6 Å². The van der Waals surface area contributed by atoms with Crippen molar-refractivity contribution in [2.45, 2.75) is 20.0 Å². The molecule has 1 unspecified atom stereocenters. The van der Waals surface area contributed by atoms with Crippen LogP contribution in [-0.2, 0) is 4.74 Å². The molecule has 2 heterocycles. The number of nitrogens with zero attached hydrogens (tertiary/aromatic N) is 2. The second-order valence-electron chi connectivity index (χ2n) is 5.05. The summed E-state index contributed by atoms with van der Waals surface area (Å²) in [4.78, 5) is 18.6. The van der Waals surface area contributed by atoms with Crippen LogP contribution in [0.1, 0.15) is 24.2 Å². The number of hydrogen-bond donors (Lipinski definition) is 2. The van der Waals surface area contributed by atoms with Crippen molar-refractivity contribution < 1.29 is 9.53 Å². The van der Waals surface area contributed by atoms with Crippen LogP contribution in [0.4, 0.5) is 5.69 Å². The van der Waals surface area contributed by atoms with Crippen molar-refractivity contribution in [3.8, 4) is 0 Å². The monoisotopic (exact) mass is 292 g/mol. The van der Waals surface area contributed by atoms with Crippen LogP contribution < -0.4 is 10.6 Å². The zero-order valence-corrected chi connectivity index (χ0v) is 12.8. The van der Waals surface area contributed by atoms with E-state index < -0.39 is 0 Å². The fourth-order valence-electron chi connectivity index (χ4n) is 2.41. The first-order chi connectivity index (χ1) is 10.2. The Kier molecular flexibility index (Phi) is 5.95. The number of carbonyl (C=O) groups excluding carboxylic acids is 1. The highest BCUT2D eigenvalue weighted by Crippen LogP contribution is 2.13. The molecule has 6 heteroatoms. The molecule has 1 amide bonds. The quantitative estimate of drug-likeness (QED) is 0.817. The lowest BCUT2D eigenvalue weighted by Crippen LogP contribution is -2.47. The number of hydrogen-bond acceptors (Lipinski definition) is 5. The Labute approximate surface area is 125 Å². The fourth-order valence-corrected chi connectivity index (χ4v) is 2.41. The number of rotatable bonds is 6. The highest BCUT2D eigenvalue weighted by atomic mass is 16.5. The molecule has 1 aliphatic heterocycles. The summed E-state index contributed by atoms with van der Waals surface area (Å²) in [5, 5.41) is 6.11. The summed E-state index contributed by atoms with van der Waals surface area (Å²) < 4.78 is 5.69. The summed E-state index contributed by atoms with van der Waals surface area (Å²) in [7, 11) is 0. The van der Waals surface area contributed by atoms with E-state index >= 15 is 0 Å². The van der Waals surface area contributed by atoms with E-state index in [9.17, 15) is 4.79 Å². The molecule has 2 rings (SSSR count). The minimum atomic E-state index is -0.115. The van der Waals surface area contributed by atoms with Gasteiger partial charge >= 0.3 is 0 Å². The fraction of sp³-hybridized carbons (Fsp3) is 0.600. The molecule has 6 nitrogen and oxygen atoms in total. The van der Waals surface area contributed by atoms with E-state index in [0.29, 0.717) is 12.1 Å². The summed E-state index contributed by atoms with van der Waals surface area (Å²) in [5.41, 5.74) is 1.38. The number of amides is 1. The maximum absolute atomic E-state index is 12.3. The second kappa shape index (κ2) is 7.95. The molecule has 1 saturated heterocycles. The lowest BCUT2D eigenvalue weighted by Gasteiger charge is -2.32. The first-order valence-corrected chi connectivity index (χ1v) is 7.54. The van der Waals surface area contributed by atoms with Crippen LogP contribution in [0.2, 0.25) is 0 Å². The van der Waals surface area contributed by atoms with Crippen molar-refractivity contribution in [2.24, 2.45) is 0 Å². The van der Waals surface area contributed by atoms with Crippen molar-refractivity contribution in [2.75, 3.05) is 44.6 Å². The summed E-state index contributed by atoms with van der Waals surface area (Å²) in [6, 6.07) is 1.81. The molecule has 0 bridgehead atoms. The van der Waals surface area contributed by atoms with Gasteiger partial charge in [0.1, 0.15) is 0 Å². The van der Waals surface area contributed by atoms with Crippen molar-refractivity contribution in [3.63, 3.8) is 0 Å². The van der Waals surface area contributed by atoms with Crippen LogP contribution >= 0.6 is 0 Å². The molecule has 1 aromatic heterocycles. The molecule has 21 heavy (non-hydrogen) atoms. The smallest absolute Gasteiger partial charge is 0.255 e. The molecule has 0 aromatic carbocycles. The number of morpholine rings is 1. The average Bonchev–Trinajstić information content (AvgIpc) is 2.53. The van der Waals surface area contributed by atoms with Gasteiger partial charge in [-0.3, -0.25) is 14.7 Å². The largest absolute Gasteiger partial charge is 0.385 e. The maximum atomic E-state index is 12.3. The number of ether oxygens (including phenoxy) is 1. The molecule has 1 aliphatic rings. The second-order valence-corrected chi connectivity index (χ2v) is 5.05. The summed E-state index contributed by atoms with van der Waals surface area (Å²) in [6.45, 7) is 9.00. The molecule has 1 fully saturated rings. The summed E-state index contributed by atoms with van der Waals surface area (Å²) in [6.07, 6.45) is 3.33. The Bertz CT molecular complexity index is 467. The molecule has 0 aliphatic carbocycles. The molecule has 1 aromatic rings. The Morgan fingerprint density at radius 1 is 1.52 bits per heavy atom. The van der Waals surface area contributed by atoms with Gasteiger partial charge in [0.05, 0.1) is 24.0 Å². The molecule has 0 spiro atoms. The SMILES string of the molecule is CCNc1ccncc1C(=O)NCC1CN(CC)CCO1. The maximum Gasteiger partial charge on any atom is 0.255 e. The van der Waals surface area contributed by atoms with Gasteiger partial charge in [-0.2, -0.15) is 0 Å². The highest BCUT2D eigenvalue weighted by Gasteiger charge is 2.20. The Morgan fingerprint density at radius 2 is 2.38 bits per heavy atom. The molecule has 0 radical (unpaired) electrons. The number of aromatic nitrogens is 1. The predicted molar refractivity (Wildman–Crippen MR) is 82.6 cm³/mol. The van der Waals surface area contributed by atoms with Gasteiger partial charge in [-0.05, 0) is 19.5 Å². The standard InChI is InChI=1S/C15H24N4O2/c1-3-17-14-5-6-16-10-13(14)15(20)18-9-12-11-19(4-2)7-8-21-12/h5-6,10,12H,3-4,7-9,11H2,1-2H3,(H,16,17)(H,18,20). The van der Waals surface area contributed by atoms with E-state index in [1.54, 1.807) is 12.4 Å². The van der Waals surface area contributed by atoms with Crippen LogP contribution in [0.5, 0.6) is 0 Å². The van der Waals surface area contributed by atoms with E-state index in [4.69, 9.17) is 4.74 Å². The lowest BCUT2D eigenvalue weighted by atomic mass is 10.2. The number of nitrogens with one attached hydrogen (secondary N) is 2. The molecular formula is C15H24N4O2. The number of anilines is 1. The lowest BCUT2D eigenvalue weighted by molar-refractivity contribution is -0.0246. The first-order valence-electron chi connectivity index (χ1n) is 7.54. The van der Waals surface area contributed by atoms with Gasteiger partial charge in [-0.1, -0.05) is 6.92 Å². The van der Waals surface area contributed by atoms with Gasteiger partial charge in [0.15, 0.2) is 0 Å². The average molecular weight is 292 g/mol. The van der Waals surface area contributed by atoms with Crippen LogP contribution in [0, 0.1) is 0 Å². The minimum absolute atomic E-state index is 0.0573. The van der Waals surface area contributed by atoms with Crippen LogP contribution in [0.15, 0.2) is 18.5 Å². The number of pyridine rings is 1. The zero-order chi connectivity index (χ0) is 15.1. The molecule has 116 valence electrons. The molecule has 0 saturated carbocycles. The molecule has 1 atom stereocenters. The van der Waals surface area contributed by atoms with Crippen molar-refractivity contribution in [1.82, 2.24) is 15.2 Å². The number of carbonyl (C=O) groups is 1. The van der Waals surface area contributed by atoms with Crippen LogP contribution in [0.3, 0.4) is 0 Å². The third-order valence-corrected chi connectivity index (χ3v) is 3.59. The van der Waals surface area contributed by atoms with Gasteiger partial charge in [0.2, 0.25) is 0 Å². The van der Waals surface area contributed by atoms with Gasteiger partial charge in [-0.15, -0.1) is 0 Å². The van der Waals surface area contributed by atoms with E-state index in [0.717, 1.165) is 38.5 Å². The zero-order valence-electron chi connectivity index (χ0n) is 12.8. The summed E-state index contributed by atoms with van der Waals surface area (Å²) >= 11 is 0. The van der Waals surface area contributed by atoms with Gasteiger partial charge in [-0.25, -0.2) is 0 Å². The Hall–Kier alpha value is -1.66. The van der Waals surface area contributed by atoms with Crippen LogP contribution in [0.25, 0.3) is 0 Å². The predicted octanol–water partition coefficient (Wildman–Crippen LogP) is 0.964. The summed E-state index contributed by atoms with van der Waals surface area (Å²) in [5.74, 6) is -0.115. The third kappa shape index (κ3) is 4.41. The normalized spacial score (nSPS) is 19.2. The Morgan fingerprint density at radius 3 is 3.14 bits per heavy atom. The van der Waals surface area contributed by atoms with E-state index in [2.05, 4.69) is 27.4 Å². The molecule has 2 N–H and O–H groups in total. The van der Waals surface area contributed by atoms with Gasteiger partial charge in [0, 0.05) is 38.6 Å². The van der Waals surface area contributed by atoms with Gasteiger partial charge < -0.3 is 15.4 Å². The van der Waals surface area contributed by atoms with E-state index in [1.807, 2.05) is 13.0 Å². The highest BCUT2D eigenvalue weighted by molar-refractivity contribution is 5.99. The van der Waals surface area contributed by atoms with Crippen LogP contribution in [-0.4, -0.2) is 61.2 Å². The van der Waals surface area contributed by atoms with E-state index in [-0.39, 0.29) is 12.0 Å². The van der Waals surface area contributed by atoms with E-state index in [1.165, 1.54) is 0 Å². The first kappa shape index (κ1) is 15.7. The van der Waals surface area contributed by atoms with Crippen molar-refractivity contribution in [3.05, 3.63) is 24.0 Å². The third-order valence-electron chi connectivity index (χ3n) is 3.59. The van der Waals surface area contributed by atoms with Gasteiger partial charge in [0.25, 0.3) is 5.91 Å². The number of likely N-dealkylation sites (N-methyl/N-ethyl adjacent to an activating group) is 1. The minimum Gasteiger partial charge on any atom is -0.385 e. The molecular weight excluding hydrogens is 268 g/mol. The topological polar surface area (TPSA) is 66.5 Å².